The van der Waals surface area contributed by atoms with Gasteiger partial charge in [-0.3, -0.25) is 4.79 Å². The van der Waals surface area contributed by atoms with Gasteiger partial charge in [0.2, 0.25) is 0 Å². The van der Waals surface area contributed by atoms with Crippen molar-refractivity contribution >= 4 is 34.7 Å². The first-order valence-electron chi connectivity index (χ1n) is 6.41. The van der Waals surface area contributed by atoms with E-state index in [-0.39, 0.29) is 15.8 Å². The van der Waals surface area contributed by atoms with E-state index in [1.807, 2.05) is 24.3 Å². The minimum Gasteiger partial charge on any atom is -0.397 e. The highest BCUT2D eigenvalue weighted by Gasteiger charge is 2.13. The van der Waals surface area contributed by atoms with Crippen LogP contribution in [0.15, 0.2) is 36.4 Å². The summed E-state index contributed by atoms with van der Waals surface area (Å²) in [5, 5.41) is 0.569. The van der Waals surface area contributed by atoms with E-state index in [0.29, 0.717) is 16.8 Å². The first kappa shape index (κ1) is 14.9. The number of ketones is 1. The fraction of sp³-hybridized carbons (Fsp3) is 0.188. The van der Waals surface area contributed by atoms with Crippen molar-refractivity contribution in [3.63, 3.8) is 0 Å². The molecule has 2 N–H and O–H groups in total. The van der Waals surface area contributed by atoms with Gasteiger partial charge in [-0.2, -0.15) is 0 Å². The molecule has 20 heavy (non-hydrogen) atoms. The van der Waals surface area contributed by atoms with E-state index in [2.05, 4.69) is 6.92 Å². The first-order valence-corrected chi connectivity index (χ1v) is 7.16. The molecule has 2 rings (SSSR count). The third-order valence-corrected chi connectivity index (χ3v) is 3.89. The molecule has 0 aliphatic heterocycles. The monoisotopic (exact) mass is 307 g/mol. The van der Waals surface area contributed by atoms with E-state index in [1.54, 1.807) is 12.1 Å². The second-order valence-electron chi connectivity index (χ2n) is 4.64. The number of aryl methyl sites for hydroxylation is 1. The Hall–Kier alpha value is -1.51. The molecular formula is C16H15Cl2NO. The van der Waals surface area contributed by atoms with Crippen molar-refractivity contribution in [3.8, 4) is 0 Å². The summed E-state index contributed by atoms with van der Waals surface area (Å²) in [4.78, 5) is 12.4. The van der Waals surface area contributed by atoms with Crippen molar-refractivity contribution < 1.29 is 4.79 Å². The highest BCUT2D eigenvalue weighted by molar-refractivity contribution is 6.44. The number of benzene rings is 2. The maximum absolute atomic E-state index is 12.4. The highest BCUT2D eigenvalue weighted by Crippen LogP contribution is 2.30. The van der Waals surface area contributed by atoms with Gasteiger partial charge in [0.1, 0.15) is 0 Å². The molecule has 0 fully saturated rings. The Bertz CT molecular complexity index is 612. The molecule has 0 bridgehead atoms. The van der Waals surface area contributed by atoms with E-state index >= 15 is 0 Å². The topological polar surface area (TPSA) is 43.1 Å². The number of carbonyl (C=O) groups excluding carboxylic acids is 1. The van der Waals surface area contributed by atoms with Gasteiger partial charge in [0.15, 0.2) is 5.78 Å². The van der Waals surface area contributed by atoms with Crippen LogP contribution in [-0.4, -0.2) is 5.78 Å². The predicted molar refractivity (Wildman–Crippen MR) is 84.7 cm³/mol. The maximum Gasteiger partial charge on any atom is 0.193 e. The second kappa shape index (κ2) is 6.29. The van der Waals surface area contributed by atoms with Crippen molar-refractivity contribution in [3.05, 3.63) is 63.1 Å². The van der Waals surface area contributed by atoms with Gasteiger partial charge < -0.3 is 5.73 Å². The molecule has 0 aromatic heterocycles. The summed E-state index contributed by atoms with van der Waals surface area (Å²) < 4.78 is 0. The number of nitrogens with two attached hydrogens (primary N) is 1. The predicted octanol–water partition coefficient (Wildman–Crippen LogP) is 4.76. The number of anilines is 1. The van der Waals surface area contributed by atoms with Crippen LogP contribution in [0.25, 0.3) is 0 Å². The Morgan fingerprint density at radius 3 is 2.30 bits per heavy atom. The fourth-order valence-electron chi connectivity index (χ4n) is 2.02. The van der Waals surface area contributed by atoms with Crippen LogP contribution in [0.1, 0.15) is 34.8 Å². The average Bonchev–Trinajstić information content (AvgIpc) is 2.44. The van der Waals surface area contributed by atoms with E-state index in [4.69, 9.17) is 28.9 Å². The average molecular weight is 308 g/mol. The lowest BCUT2D eigenvalue weighted by Crippen LogP contribution is -2.03. The van der Waals surface area contributed by atoms with E-state index in [0.717, 1.165) is 12.8 Å². The maximum atomic E-state index is 12.4. The zero-order valence-corrected chi connectivity index (χ0v) is 12.6. The van der Waals surface area contributed by atoms with Gasteiger partial charge >= 0.3 is 0 Å². The molecule has 0 saturated heterocycles. The van der Waals surface area contributed by atoms with Crippen LogP contribution in [0.4, 0.5) is 5.69 Å². The molecule has 2 aromatic carbocycles. The summed E-state index contributed by atoms with van der Waals surface area (Å²) in [7, 11) is 0. The molecule has 0 aliphatic carbocycles. The van der Waals surface area contributed by atoms with Crippen LogP contribution < -0.4 is 5.73 Å². The number of hydrogen-bond donors (Lipinski definition) is 1. The lowest BCUT2D eigenvalue weighted by molar-refractivity contribution is 0.103. The van der Waals surface area contributed by atoms with E-state index < -0.39 is 0 Å². The van der Waals surface area contributed by atoms with Crippen LogP contribution >= 0.6 is 23.2 Å². The van der Waals surface area contributed by atoms with Gasteiger partial charge in [0.05, 0.1) is 15.7 Å². The molecule has 0 amide bonds. The minimum absolute atomic E-state index is 0.113. The van der Waals surface area contributed by atoms with Crippen LogP contribution in [0.5, 0.6) is 0 Å². The molecule has 0 atom stereocenters. The van der Waals surface area contributed by atoms with Gasteiger partial charge in [0, 0.05) is 11.1 Å². The summed E-state index contributed by atoms with van der Waals surface area (Å²) in [6, 6.07) is 10.7. The zero-order chi connectivity index (χ0) is 14.7. The number of carbonyl (C=O) groups is 1. The van der Waals surface area contributed by atoms with Crippen LogP contribution in [0.3, 0.4) is 0 Å². The quantitative estimate of drug-likeness (QED) is 0.653. The Labute approximate surface area is 128 Å². The van der Waals surface area contributed by atoms with E-state index in [1.165, 1.54) is 5.56 Å². The third-order valence-electron chi connectivity index (χ3n) is 3.07. The van der Waals surface area contributed by atoms with Gasteiger partial charge in [-0.15, -0.1) is 0 Å². The van der Waals surface area contributed by atoms with Gasteiger partial charge in [-0.1, -0.05) is 60.8 Å². The Balaban J connectivity index is 2.31. The normalized spacial score (nSPS) is 10.6. The SMILES string of the molecule is CCCc1ccc(C(=O)c2cc(N)c(Cl)c(Cl)c2)cc1. The molecule has 2 aromatic rings. The molecule has 2 nitrogen and oxygen atoms in total. The lowest BCUT2D eigenvalue weighted by Gasteiger charge is -2.07. The highest BCUT2D eigenvalue weighted by atomic mass is 35.5. The summed E-state index contributed by atoms with van der Waals surface area (Å²) in [5.41, 5.74) is 8.32. The molecule has 0 saturated carbocycles. The van der Waals surface area contributed by atoms with Crippen LogP contribution in [0, 0.1) is 0 Å². The third kappa shape index (κ3) is 3.14. The number of hydrogen-bond acceptors (Lipinski definition) is 2. The lowest BCUT2D eigenvalue weighted by atomic mass is 10.0. The van der Waals surface area contributed by atoms with Crippen molar-refractivity contribution in [1.82, 2.24) is 0 Å². The zero-order valence-electron chi connectivity index (χ0n) is 11.1. The van der Waals surface area contributed by atoms with Crippen molar-refractivity contribution in [2.45, 2.75) is 19.8 Å². The summed E-state index contributed by atoms with van der Waals surface area (Å²) >= 11 is 11.8. The van der Waals surface area contributed by atoms with Gasteiger partial charge in [-0.25, -0.2) is 0 Å². The molecule has 104 valence electrons. The standard InChI is InChI=1S/C16H15Cl2NO/c1-2-3-10-4-6-11(7-5-10)16(20)12-8-13(17)15(18)14(19)9-12/h4-9H,2-3,19H2,1H3. The van der Waals surface area contributed by atoms with Gasteiger partial charge in [0.25, 0.3) is 0 Å². The molecule has 0 aliphatic rings. The largest absolute Gasteiger partial charge is 0.397 e. The second-order valence-corrected chi connectivity index (χ2v) is 5.42. The van der Waals surface area contributed by atoms with E-state index in [9.17, 15) is 4.79 Å². The molecular weight excluding hydrogens is 293 g/mol. The Morgan fingerprint density at radius 2 is 1.75 bits per heavy atom. The molecule has 0 spiro atoms. The molecule has 0 unspecified atom stereocenters. The van der Waals surface area contributed by atoms with Crippen molar-refractivity contribution in [1.29, 1.82) is 0 Å². The number of rotatable bonds is 4. The van der Waals surface area contributed by atoms with Crippen LogP contribution in [-0.2, 0) is 6.42 Å². The van der Waals surface area contributed by atoms with Gasteiger partial charge in [-0.05, 0) is 24.1 Å². The Kier molecular flexibility index (Phi) is 4.69. The fourth-order valence-corrected chi connectivity index (χ4v) is 2.36. The van der Waals surface area contributed by atoms with Crippen molar-refractivity contribution in [2.75, 3.05) is 5.73 Å². The van der Waals surface area contributed by atoms with Crippen molar-refractivity contribution in [2.24, 2.45) is 0 Å². The minimum atomic E-state index is -0.113. The summed E-state index contributed by atoms with van der Waals surface area (Å²) in [5.74, 6) is -0.113. The molecule has 4 heteroatoms. The van der Waals surface area contributed by atoms with Crippen LogP contribution in [0.2, 0.25) is 10.0 Å². The smallest absolute Gasteiger partial charge is 0.193 e. The first-order chi connectivity index (χ1) is 9.52. The molecule has 0 radical (unpaired) electrons. The summed E-state index contributed by atoms with van der Waals surface area (Å²) in [6.07, 6.45) is 2.09. The summed E-state index contributed by atoms with van der Waals surface area (Å²) in [6.45, 7) is 2.12. The molecule has 0 heterocycles. The Morgan fingerprint density at radius 1 is 1.10 bits per heavy atom. The number of halogens is 2. The number of nitrogen functional groups attached to an aromatic ring is 1.